The second-order valence-electron chi connectivity index (χ2n) is 9.90. The molecule has 2 aromatic rings. The summed E-state index contributed by atoms with van der Waals surface area (Å²) in [6.45, 7) is 2.20. The van der Waals surface area contributed by atoms with Crippen LogP contribution < -0.4 is 10.6 Å². The number of hydrogen-bond acceptors (Lipinski definition) is 5. The van der Waals surface area contributed by atoms with Crippen LogP contribution in [0.3, 0.4) is 0 Å². The third kappa shape index (κ3) is 4.46. The Kier molecular flexibility index (Phi) is 7.33. The monoisotopic (exact) mass is 589 g/mol. The number of amides is 3. The Hall–Kier alpha value is -2.46. The van der Waals surface area contributed by atoms with Gasteiger partial charge in [0.25, 0.3) is 0 Å². The molecular formula is C27H29BrClN3O5. The van der Waals surface area contributed by atoms with E-state index >= 15 is 0 Å². The Bertz CT molecular complexity index is 1190. The second-order valence-corrected chi connectivity index (χ2v) is 11.5. The van der Waals surface area contributed by atoms with E-state index in [1.165, 1.54) is 4.90 Å². The molecule has 0 radical (unpaired) electrons. The Morgan fingerprint density at radius 3 is 2.65 bits per heavy atom. The first-order valence-corrected chi connectivity index (χ1v) is 13.7. The normalized spacial score (nSPS) is 29.9. The molecule has 196 valence electrons. The van der Waals surface area contributed by atoms with E-state index < -0.39 is 35.5 Å². The van der Waals surface area contributed by atoms with Crippen LogP contribution in [0.1, 0.15) is 24.0 Å². The van der Waals surface area contributed by atoms with Crippen molar-refractivity contribution in [1.82, 2.24) is 10.2 Å². The average molecular weight is 591 g/mol. The van der Waals surface area contributed by atoms with Gasteiger partial charge in [0.05, 0.1) is 28.6 Å². The first-order valence-electron chi connectivity index (χ1n) is 12.4. The maximum atomic E-state index is 13.8. The zero-order valence-electron chi connectivity index (χ0n) is 20.3. The fraction of sp³-hybridized carbons (Fsp3) is 0.444. The van der Waals surface area contributed by atoms with Crippen molar-refractivity contribution in [3.63, 3.8) is 0 Å². The first kappa shape index (κ1) is 26.2. The molecule has 1 spiro atoms. The summed E-state index contributed by atoms with van der Waals surface area (Å²) in [4.78, 5) is 42.4. The summed E-state index contributed by atoms with van der Waals surface area (Å²) >= 11 is 10.0. The topological polar surface area (TPSA) is 108 Å². The van der Waals surface area contributed by atoms with Crippen molar-refractivity contribution in [3.8, 4) is 0 Å². The number of carbonyl (C=O) groups is 3. The number of aliphatic hydroxyl groups excluding tert-OH is 1. The molecule has 0 saturated carbocycles. The standard InChI is InChI=1S/C27H29BrClN3O5/c1-15-7-5-10-18(29)21(15)31-25(35)23-27-13-17(28)22(37-27)19(20(27)26(36)32(23)11-6-12-33)24(34)30-14-16-8-3-2-4-9-16/h2-5,7-10,17,19-20,22-23,33H,6,11-14H2,1H3,(H,30,34)(H,31,35)/t17?,19-,20-,22-,23?,27?/m0/s1. The minimum Gasteiger partial charge on any atom is -0.396 e. The van der Waals surface area contributed by atoms with Crippen LogP contribution in [-0.4, -0.2) is 63.5 Å². The summed E-state index contributed by atoms with van der Waals surface area (Å²) in [5.74, 6) is -2.54. The van der Waals surface area contributed by atoms with Crippen molar-refractivity contribution >= 4 is 50.9 Å². The van der Waals surface area contributed by atoms with Gasteiger partial charge in [-0.05, 0) is 37.0 Å². The quantitative estimate of drug-likeness (QED) is 0.410. The molecule has 3 unspecified atom stereocenters. The van der Waals surface area contributed by atoms with E-state index in [4.69, 9.17) is 16.3 Å². The van der Waals surface area contributed by atoms with Gasteiger partial charge in [0.1, 0.15) is 11.6 Å². The zero-order valence-corrected chi connectivity index (χ0v) is 22.7. The van der Waals surface area contributed by atoms with Crippen LogP contribution in [-0.2, 0) is 25.7 Å². The van der Waals surface area contributed by atoms with Crippen LogP contribution in [0.4, 0.5) is 5.69 Å². The SMILES string of the molecule is Cc1cccc(Cl)c1NC(=O)C1N(CCCO)C(=O)[C@@H]2[C@H](C(=O)NCc3ccccc3)[C@H]3OC12CC3Br. The molecular weight excluding hydrogens is 562 g/mol. The molecule has 10 heteroatoms. The van der Waals surface area contributed by atoms with Crippen LogP contribution in [0.15, 0.2) is 48.5 Å². The first-order chi connectivity index (χ1) is 17.8. The van der Waals surface area contributed by atoms with Gasteiger partial charge in [0, 0.05) is 24.5 Å². The van der Waals surface area contributed by atoms with E-state index in [-0.39, 0.29) is 29.8 Å². The highest BCUT2D eigenvalue weighted by molar-refractivity contribution is 9.09. The maximum absolute atomic E-state index is 13.8. The van der Waals surface area contributed by atoms with Crippen molar-refractivity contribution in [2.75, 3.05) is 18.5 Å². The number of ether oxygens (including phenoxy) is 1. The number of carbonyl (C=O) groups excluding carboxylic acids is 3. The molecule has 6 atom stereocenters. The molecule has 3 amide bonds. The number of alkyl halides is 1. The van der Waals surface area contributed by atoms with Crippen LogP contribution >= 0.6 is 27.5 Å². The summed E-state index contributed by atoms with van der Waals surface area (Å²) < 4.78 is 6.47. The van der Waals surface area contributed by atoms with E-state index in [1.807, 2.05) is 43.3 Å². The number of benzene rings is 2. The Labute approximate surface area is 228 Å². The lowest BCUT2D eigenvalue weighted by Gasteiger charge is -2.34. The van der Waals surface area contributed by atoms with Crippen LogP contribution in [0.5, 0.6) is 0 Å². The predicted octanol–water partition coefficient (Wildman–Crippen LogP) is 3.03. The van der Waals surface area contributed by atoms with Crippen LogP contribution in [0, 0.1) is 18.8 Å². The van der Waals surface area contributed by atoms with Crippen molar-refractivity contribution in [1.29, 1.82) is 0 Å². The number of anilines is 1. The van der Waals surface area contributed by atoms with E-state index in [1.54, 1.807) is 12.1 Å². The molecule has 3 fully saturated rings. The van der Waals surface area contributed by atoms with Gasteiger partial charge in [-0.2, -0.15) is 0 Å². The largest absolute Gasteiger partial charge is 0.396 e. The summed E-state index contributed by atoms with van der Waals surface area (Å²) in [6, 6.07) is 13.9. The minimum absolute atomic E-state index is 0.134. The van der Waals surface area contributed by atoms with Gasteiger partial charge in [-0.15, -0.1) is 0 Å². The third-order valence-electron chi connectivity index (χ3n) is 7.68. The highest BCUT2D eigenvalue weighted by Crippen LogP contribution is 2.60. The van der Waals surface area contributed by atoms with Gasteiger partial charge in [0.15, 0.2) is 0 Å². The van der Waals surface area contributed by atoms with Crippen molar-refractivity contribution in [3.05, 3.63) is 64.7 Å². The molecule has 3 aliphatic heterocycles. The zero-order chi connectivity index (χ0) is 26.3. The van der Waals surface area contributed by atoms with E-state index in [9.17, 15) is 19.5 Å². The van der Waals surface area contributed by atoms with Crippen molar-refractivity contribution < 1.29 is 24.2 Å². The van der Waals surface area contributed by atoms with Gasteiger partial charge in [0.2, 0.25) is 17.7 Å². The number of likely N-dealkylation sites (tertiary alicyclic amines) is 1. The number of fused-ring (bicyclic) bond motifs is 1. The molecule has 3 N–H and O–H groups in total. The van der Waals surface area contributed by atoms with Crippen LogP contribution in [0.2, 0.25) is 5.02 Å². The highest BCUT2D eigenvalue weighted by Gasteiger charge is 2.76. The van der Waals surface area contributed by atoms with Crippen molar-refractivity contribution in [2.45, 2.75) is 48.9 Å². The minimum atomic E-state index is -1.17. The summed E-state index contributed by atoms with van der Waals surface area (Å²) in [5.41, 5.74) is 1.04. The van der Waals surface area contributed by atoms with Gasteiger partial charge in [-0.3, -0.25) is 14.4 Å². The van der Waals surface area contributed by atoms with Gasteiger partial charge < -0.3 is 25.4 Å². The second kappa shape index (κ2) is 10.4. The molecule has 37 heavy (non-hydrogen) atoms. The lowest BCUT2D eigenvalue weighted by Crippen LogP contribution is -2.54. The Morgan fingerprint density at radius 2 is 1.95 bits per heavy atom. The number of nitrogens with zero attached hydrogens (tertiary/aromatic N) is 1. The lowest BCUT2D eigenvalue weighted by atomic mass is 9.70. The number of aliphatic hydroxyl groups is 1. The molecule has 2 bridgehead atoms. The molecule has 0 aliphatic carbocycles. The summed E-state index contributed by atoms with van der Waals surface area (Å²) in [7, 11) is 0. The number of halogens is 2. The molecule has 8 nitrogen and oxygen atoms in total. The predicted molar refractivity (Wildman–Crippen MR) is 142 cm³/mol. The van der Waals surface area contributed by atoms with Gasteiger partial charge >= 0.3 is 0 Å². The van der Waals surface area contributed by atoms with Crippen LogP contribution in [0.25, 0.3) is 0 Å². The number of aryl methyl sites for hydroxylation is 1. The Balaban J connectivity index is 1.46. The molecule has 3 aliphatic rings. The third-order valence-corrected chi connectivity index (χ3v) is 8.84. The number of hydrogen-bond donors (Lipinski definition) is 3. The molecule has 3 heterocycles. The van der Waals surface area contributed by atoms with E-state index in [2.05, 4.69) is 26.6 Å². The van der Waals surface area contributed by atoms with Gasteiger partial charge in [-0.25, -0.2) is 0 Å². The smallest absolute Gasteiger partial charge is 0.250 e. The van der Waals surface area contributed by atoms with E-state index in [0.717, 1.165) is 11.1 Å². The maximum Gasteiger partial charge on any atom is 0.250 e. The number of nitrogens with one attached hydrogen (secondary N) is 2. The van der Waals surface area contributed by atoms with E-state index in [0.29, 0.717) is 30.1 Å². The fourth-order valence-corrected chi connectivity index (χ4v) is 7.31. The molecule has 3 saturated heterocycles. The van der Waals surface area contributed by atoms with Gasteiger partial charge in [-0.1, -0.05) is 70.0 Å². The molecule has 5 rings (SSSR count). The van der Waals surface area contributed by atoms with Crippen molar-refractivity contribution in [2.24, 2.45) is 11.8 Å². The number of rotatable bonds is 8. The fourth-order valence-electron chi connectivity index (χ4n) is 6.10. The highest BCUT2D eigenvalue weighted by atomic mass is 79.9. The summed E-state index contributed by atoms with van der Waals surface area (Å²) in [6.07, 6.45) is 0.170. The summed E-state index contributed by atoms with van der Waals surface area (Å²) in [5, 5.41) is 15.8. The average Bonchev–Trinajstić information content (AvgIpc) is 3.47. The lowest BCUT2D eigenvalue weighted by molar-refractivity contribution is -0.141. The molecule has 0 aromatic heterocycles. The molecule has 2 aromatic carbocycles. The number of para-hydroxylation sites is 1. The Morgan fingerprint density at radius 1 is 1.19 bits per heavy atom.